The van der Waals surface area contributed by atoms with Crippen LogP contribution in [-0.4, -0.2) is 62.5 Å². The number of halogens is 1. The highest BCUT2D eigenvalue weighted by Crippen LogP contribution is 2.20. The summed E-state index contributed by atoms with van der Waals surface area (Å²) in [7, 11) is 0. The van der Waals surface area contributed by atoms with Crippen LogP contribution >= 0.6 is 11.6 Å². The molecule has 0 radical (unpaired) electrons. The van der Waals surface area contributed by atoms with Crippen molar-refractivity contribution in [2.24, 2.45) is 5.92 Å². The lowest BCUT2D eigenvalue weighted by atomic mass is 10.0. The molecule has 2 aliphatic heterocycles. The number of hydrogen-bond donors (Lipinski definition) is 2. The number of rotatable bonds is 6. The Labute approximate surface area is 159 Å². The first-order valence-electron chi connectivity index (χ1n) is 9.37. The highest BCUT2D eigenvalue weighted by molar-refractivity contribution is 6.30. The van der Waals surface area contributed by atoms with Crippen LogP contribution < -0.4 is 15.5 Å². The van der Waals surface area contributed by atoms with Gasteiger partial charge < -0.3 is 20.4 Å². The first kappa shape index (κ1) is 19.0. The third-order valence-corrected chi connectivity index (χ3v) is 5.42. The Balaban J connectivity index is 1.36. The molecule has 0 spiro atoms. The van der Waals surface area contributed by atoms with Crippen molar-refractivity contribution < 1.29 is 9.59 Å². The van der Waals surface area contributed by atoms with E-state index in [1.807, 2.05) is 29.2 Å². The van der Waals surface area contributed by atoms with E-state index >= 15 is 0 Å². The second-order valence-corrected chi connectivity index (χ2v) is 7.46. The van der Waals surface area contributed by atoms with Crippen molar-refractivity contribution >= 4 is 29.1 Å². The predicted octanol–water partition coefficient (Wildman–Crippen LogP) is 1.49. The van der Waals surface area contributed by atoms with Crippen molar-refractivity contribution in [1.29, 1.82) is 0 Å². The first-order valence-corrected chi connectivity index (χ1v) is 9.75. The third-order valence-electron chi connectivity index (χ3n) is 5.18. The number of benzene rings is 1. The molecule has 0 saturated carbocycles. The minimum Gasteiger partial charge on any atom is -0.368 e. The molecule has 1 atom stereocenters. The average Bonchev–Trinajstić information content (AvgIpc) is 3.18. The van der Waals surface area contributed by atoms with Crippen molar-refractivity contribution in [3.05, 3.63) is 29.3 Å². The van der Waals surface area contributed by atoms with Gasteiger partial charge in [-0.3, -0.25) is 9.59 Å². The van der Waals surface area contributed by atoms with Crippen molar-refractivity contribution in [1.82, 2.24) is 15.5 Å². The van der Waals surface area contributed by atoms with E-state index in [1.54, 1.807) is 0 Å². The second-order valence-electron chi connectivity index (χ2n) is 7.02. The summed E-state index contributed by atoms with van der Waals surface area (Å²) < 4.78 is 0. The Kier molecular flexibility index (Phi) is 6.74. The third kappa shape index (κ3) is 5.35. The number of amides is 2. The van der Waals surface area contributed by atoms with E-state index in [4.69, 9.17) is 11.6 Å². The number of hydrogen-bond acceptors (Lipinski definition) is 4. The van der Waals surface area contributed by atoms with Gasteiger partial charge >= 0.3 is 0 Å². The fourth-order valence-electron chi connectivity index (χ4n) is 3.56. The Hall–Kier alpha value is -1.79. The number of carbonyl (C=O) groups excluding carboxylic acids is 2. The van der Waals surface area contributed by atoms with E-state index in [0.29, 0.717) is 25.4 Å². The molecule has 2 N–H and O–H groups in total. The molecule has 26 heavy (non-hydrogen) atoms. The van der Waals surface area contributed by atoms with Gasteiger partial charge in [0.2, 0.25) is 11.8 Å². The van der Waals surface area contributed by atoms with Gasteiger partial charge in [-0.15, -0.1) is 0 Å². The summed E-state index contributed by atoms with van der Waals surface area (Å²) in [6, 6.07) is 7.77. The molecule has 2 aliphatic rings. The van der Waals surface area contributed by atoms with Crippen LogP contribution in [0.15, 0.2) is 24.3 Å². The molecular weight excluding hydrogens is 352 g/mol. The maximum Gasteiger partial charge on any atom is 0.242 e. The Morgan fingerprint density at radius 3 is 2.73 bits per heavy atom. The van der Waals surface area contributed by atoms with Gasteiger partial charge in [0.05, 0.1) is 6.54 Å². The molecule has 2 heterocycles. The molecule has 0 bridgehead atoms. The molecule has 0 aromatic heterocycles. The molecule has 2 saturated heterocycles. The van der Waals surface area contributed by atoms with E-state index in [-0.39, 0.29) is 18.4 Å². The van der Waals surface area contributed by atoms with Gasteiger partial charge in [-0.2, -0.15) is 0 Å². The van der Waals surface area contributed by atoms with Crippen molar-refractivity contribution in [3.63, 3.8) is 0 Å². The average molecular weight is 379 g/mol. The van der Waals surface area contributed by atoms with E-state index < -0.39 is 0 Å². The lowest BCUT2D eigenvalue weighted by Crippen LogP contribution is -2.51. The normalized spacial score (nSPS) is 20.3. The summed E-state index contributed by atoms with van der Waals surface area (Å²) in [6.07, 6.45) is 2.54. The summed E-state index contributed by atoms with van der Waals surface area (Å²) >= 11 is 6.05. The zero-order valence-electron chi connectivity index (χ0n) is 15.0. The van der Waals surface area contributed by atoms with E-state index in [0.717, 1.165) is 49.7 Å². The van der Waals surface area contributed by atoms with Gasteiger partial charge in [0, 0.05) is 43.3 Å². The van der Waals surface area contributed by atoms with Crippen LogP contribution in [0.4, 0.5) is 5.69 Å². The lowest BCUT2D eigenvalue weighted by molar-refractivity contribution is -0.133. The maximum absolute atomic E-state index is 12.3. The van der Waals surface area contributed by atoms with Crippen molar-refractivity contribution in [2.45, 2.75) is 19.3 Å². The van der Waals surface area contributed by atoms with E-state index in [9.17, 15) is 9.59 Å². The van der Waals surface area contributed by atoms with Gasteiger partial charge in [-0.25, -0.2) is 0 Å². The number of nitrogens with one attached hydrogen (secondary N) is 2. The summed E-state index contributed by atoms with van der Waals surface area (Å²) in [5.41, 5.74) is 1.08. The van der Waals surface area contributed by atoms with Crippen LogP contribution in [0, 0.1) is 5.92 Å². The minimum atomic E-state index is -0.0252. The largest absolute Gasteiger partial charge is 0.368 e. The molecule has 6 nitrogen and oxygen atoms in total. The minimum absolute atomic E-state index is 0.00775. The zero-order valence-corrected chi connectivity index (χ0v) is 15.8. The first-order chi connectivity index (χ1) is 12.6. The molecule has 2 fully saturated rings. The number of piperazine rings is 1. The lowest BCUT2D eigenvalue weighted by Gasteiger charge is -2.36. The van der Waals surface area contributed by atoms with Gasteiger partial charge in [0.1, 0.15) is 0 Å². The van der Waals surface area contributed by atoms with Crippen LogP contribution in [0.1, 0.15) is 19.3 Å². The summed E-state index contributed by atoms with van der Waals surface area (Å²) in [5, 5.41) is 6.80. The summed E-state index contributed by atoms with van der Waals surface area (Å²) in [5.74, 6) is 0.561. The number of nitrogens with zero attached hydrogens (tertiary/aromatic N) is 2. The summed E-state index contributed by atoms with van der Waals surface area (Å²) in [4.78, 5) is 28.3. The number of anilines is 1. The topological polar surface area (TPSA) is 64.7 Å². The van der Waals surface area contributed by atoms with Crippen LogP contribution in [0.5, 0.6) is 0 Å². The molecule has 7 heteroatoms. The second kappa shape index (κ2) is 9.24. The monoisotopic (exact) mass is 378 g/mol. The zero-order chi connectivity index (χ0) is 18.4. The fourth-order valence-corrected chi connectivity index (χ4v) is 3.74. The van der Waals surface area contributed by atoms with Crippen LogP contribution in [0.3, 0.4) is 0 Å². The molecule has 2 amide bonds. The predicted molar refractivity (Wildman–Crippen MR) is 103 cm³/mol. The summed E-state index contributed by atoms with van der Waals surface area (Å²) in [6.45, 7) is 5.02. The van der Waals surface area contributed by atoms with Gasteiger partial charge in [-0.05, 0) is 50.0 Å². The smallest absolute Gasteiger partial charge is 0.242 e. The fraction of sp³-hybridized carbons (Fsp3) is 0.579. The highest BCUT2D eigenvalue weighted by Gasteiger charge is 2.22. The molecule has 3 rings (SSSR count). The maximum atomic E-state index is 12.3. The van der Waals surface area contributed by atoms with E-state index in [2.05, 4.69) is 15.5 Å². The number of carbonyl (C=O) groups is 2. The Morgan fingerprint density at radius 2 is 2.04 bits per heavy atom. The van der Waals surface area contributed by atoms with Crippen LogP contribution in [0.25, 0.3) is 0 Å². The molecule has 1 aromatic carbocycles. The van der Waals surface area contributed by atoms with Crippen molar-refractivity contribution in [3.8, 4) is 0 Å². The van der Waals surface area contributed by atoms with Gasteiger partial charge in [0.25, 0.3) is 0 Å². The van der Waals surface area contributed by atoms with Gasteiger partial charge in [0.15, 0.2) is 0 Å². The Bertz CT molecular complexity index is 626. The molecular formula is C19H27ClN4O2. The van der Waals surface area contributed by atoms with Gasteiger partial charge in [-0.1, -0.05) is 17.7 Å². The molecule has 0 aliphatic carbocycles. The standard InChI is InChI=1S/C19H27ClN4O2/c20-16-2-1-3-17(12-16)23-8-10-24(11-9-23)19(26)14-22-18(25)5-4-15-6-7-21-13-15/h1-3,12,15,21H,4-11,13-14H2,(H,22,25). The highest BCUT2D eigenvalue weighted by atomic mass is 35.5. The molecule has 142 valence electrons. The van der Waals surface area contributed by atoms with E-state index in [1.165, 1.54) is 0 Å². The van der Waals surface area contributed by atoms with Crippen LogP contribution in [-0.2, 0) is 9.59 Å². The molecule has 1 unspecified atom stereocenters. The van der Waals surface area contributed by atoms with Crippen molar-refractivity contribution in [2.75, 3.05) is 50.7 Å². The van der Waals surface area contributed by atoms with Crippen LogP contribution in [0.2, 0.25) is 5.02 Å². The SMILES string of the molecule is O=C(CCC1CCNC1)NCC(=O)N1CCN(c2cccc(Cl)c2)CC1. The molecule has 1 aromatic rings. The quantitative estimate of drug-likeness (QED) is 0.787. The Morgan fingerprint density at radius 1 is 1.23 bits per heavy atom.